The molecule has 2 saturated heterocycles. The van der Waals surface area contributed by atoms with Gasteiger partial charge in [0.2, 0.25) is 0 Å². The number of likely N-dealkylation sites (N-methyl/N-ethyl adjacent to an activating group) is 1. The number of nitrogens with zero attached hydrogens (tertiary/aromatic N) is 1. The first-order valence-corrected chi connectivity index (χ1v) is 6.37. The molecule has 3 unspecified atom stereocenters. The highest BCUT2D eigenvalue weighted by Crippen LogP contribution is 2.12. The third kappa shape index (κ3) is 3.42. The minimum Gasteiger partial charge on any atom is -0.381 e. The Morgan fingerprint density at radius 3 is 3.00 bits per heavy atom. The van der Waals surface area contributed by atoms with Gasteiger partial charge in [-0.3, -0.25) is 0 Å². The molecule has 0 radical (unpaired) electrons. The number of ether oxygens (including phenoxy) is 2. The first-order chi connectivity index (χ1) is 7.75. The summed E-state index contributed by atoms with van der Waals surface area (Å²) in [6.45, 7) is 8.09. The van der Waals surface area contributed by atoms with Crippen LogP contribution in [-0.2, 0) is 9.47 Å². The molecule has 16 heavy (non-hydrogen) atoms. The maximum absolute atomic E-state index is 5.79. The summed E-state index contributed by atoms with van der Waals surface area (Å²) >= 11 is 0. The monoisotopic (exact) mass is 228 g/mol. The minimum absolute atomic E-state index is 0.334. The lowest BCUT2D eigenvalue weighted by molar-refractivity contribution is -0.0358. The van der Waals surface area contributed by atoms with Gasteiger partial charge in [0.15, 0.2) is 0 Å². The Labute approximate surface area is 98.3 Å². The van der Waals surface area contributed by atoms with Crippen LogP contribution >= 0.6 is 0 Å². The van der Waals surface area contributed by atoms with Gasteiger partial charge in [0.1, 0.15) is 0 Å². The van der Waals surface area contributed by atoms with Crippen molar-refractivity contribution in [1.29, 1.82) is 0 Å². The summed E-state index contributed by atoms with van der Waals surface area (Å²) in [5.74, 6) is 0.698. The number of morpholine rings is 1. The van der Waals surface area contributed by atoms with E-state index in [1.54, 1.807) is 0 Å². The van der Waals surface area contributed by atoms with E-state index in [0.717, 1.165) is 39.5 Å². The maximum Gasteiger partial charge on any atom is 0.0852 e. The third-order valence-electron chi connectivity index (χ3n) is 3.61. The van der Waals surface area contributed by atoms with Crippen molar-refractivity contribution < 1.29 is 9.47 Å². The summed E-state index contributed by atoms with van der Waals surface area (Å²) in [6, 6.07) is 0.434. The molecule has 1 N–H and O–H groups in total. The van der Waals surface area contributed by atoms with Crippen molar-refractivity contribution in [3.8, 4) is 0 Å². The second-order valence-electron chi connectivity index (χ2n) is 5.10. The van der Waals surface area contributed by atoms with Crippen molar-refractivity contribution in [2.45, 2.75) is 25.5 Å². The van der Waals surface area contributed by atoms with Crippen LogP contribution in [-0.4, -0.2) is 63.5 Å². The molecule has 0 bridgehead atoms. The van der Waals surface area contributed by atoms with Crippen LogP contribution in [0.2, 0.25) is 0 Å². The van der Waals surface area contributed by atoms with Crippen molar-refractivity contribution in [2.24, 2.45) is 5.92 Å². The molecule has 2 aliphatic rings. The molecule has 2 heterocycles. The lowest BCUT2D eigenvalue weighted by atomic mass is 10.1. The highest BCUT2D eigenvalue weighted by Gasteiger charge is 2.24. The molecule has 3 atom stereocenters. The normalized spacial score (nSPS) is 34.1. The minimum atomic E-state index is 0.334. The van der Waals surface area contributed by atoms with E-state index in [0.29, 0.717) is 18.1 Å². The average Bonchev–Trinajstić information content (AvgIpc) is 2.78. The van der Waals surface area contributed by atoms with Gasteiger partial charge in [0.05, 0.1) is 19.3 Å². The van der Waals surface area contributed by atoms with E-state index < -0.39 is 0 Å². The van der Waals surface area contributed by atoms with Crippen molar-refractivity contribution >= 4 is 0 Å². The van der Waals surface area contributed by atoms with Crippen LogP contribution in [0.1, 0.15) is 13.3 Å². The van der Waals surface area contributed by atoms with Crippen molar-refractivity contribution in [3.05, 3.63) is 0 Å². The van der Waals surface area contributed by atoms with Crippen LogP contribution in [0.3, 0.4) is 0 Å². The largest absolute Gasteiger partial charge is 0.381 e. The molecular weight excluding hydrogens is 204 g/mol. The highest BCUT2D eigenvalue weighted by atomic mass is 16.5. The molecule has 4 heteroatoms. The summed E-state index contributed by atoms with van der Waals surface area (Å²) < 4.78 is 11.2. The smallest absolute Gasteiger partial charge is 0.0852 e. The number of hydrogen-bond acceptors (Lipinski definition) is 4. The van der Waals surface area contributed by atoms with E-state index in [1.165, 1.54) is 6.42 Å². The van der Waals surface area contributed by atoms with Gasteiger partial charge in [0.25, 0.3) is 0 Å². The van der Waals surface area contributed by atoms with Crippen LogP contribution in [0.4, 0.5) is 0 Å². The van der Waals surface area contributed by atoms with E-state index in [9.17, 15) is 0 Å². The molecule has 2 aliphatic heterocycles. The molecule has 0 spiro atoms. The zero-order valence-corrected chi connectivity index (χ0v) is 10.4. The number of nitrogens with one attached hydrogen (secondary N) is 1. The van der Waals surface area contributed by atoms with E-state index >= 15 is 0 Å². The van der Waals surface area contributed by atoms with Crippen LogP contribution in [0, 0.1) is 5.92 Å². The SMILES string of the molecule is CC(NCC1CCOC1)C1CN(C)CCO1. The lowest BCUT2D eigenvalue weighted by Gasteiger charge is -2.34. The fraction of sp³-hybridized carbons (Fsp3) is 1.00. The summed E-state index contributed by atoms with van der Waals surface area (Å²) in [5, 5.41) is 3.58. The zero-order chi connectivity index (χ0) is 11.4. The van der Waals surface area contributed by atoms with E-state index in [4.69, 9.17) is 9.47 Å². The maximum atomic E-state index is 5.79. The Morgan fingerprint density at radius 1 is 1.44 bits per heavy atom. The van der Waals surface area contributed by atoms with Crippen LogP contribution in [0.25, 0.3) is 0 Å². The topological polar surface area (TPSA) is 33.7 Å². The van der Waals surface area contributed by atoms with Gasteiger partial charge < -0.3 is 19.7 Å². The number of rotatable bonds is 4. The quantitative estimate of drug-likeness (QED) is 0.752. The Hall–Kier alpha value is -0.160. The van der Waals surface area contributed by atoms with Crippen molar-refractivity contribution in [3.63, 3.8) is 0 Å². The molecule has 2 rings (SSSR count). The van der Waals surface area contributed by atoms with E-state index in [1.807, 2.05) is 0 Å². The first-order valence-electron chi connectivity index (χ1n) is 6.37. The summed E-state index contributed by atoms with van der Waals surface area (Å²) in [7, 11) is 2.16. The van der Waals surface area contributed by atoms with Crippen molar-refractivity contribution in [1.82, 2.24) is 10.2 Å². The predicted octanol–water partition coefficient (Wildman–Crippen LogP) is 0.332. The molecule has 0 aromatic carbocycles. The molecule has 4 nitrogen and oxygen atoms in total. The molecule has 0 aromatic heterocycles. The number of hydrogen-bond donors (Lipinski definition) is 1. The second kappa shape index (κ2) is 5.96. The third-order valence-corrected chi connectivity index (χ3v) is 3.61. The van der Waals surface area contributed by atoms with E-state index in [-0.39, 0.29) is 0 Å². The fourth-order valence-corrected chi connectivity index (χ4v) is 2.34. The highest BCUT2D eigenvalue weighted by molar-refractivity contribution is 4.80. The van der Waals surface area contributed by atoms with Gasteiger partial charge in [-0.05, 0) is 26.3 Å². The van der Waals surface area contributed by atoms with Crippen LogP contribution in [0.5, 0.6) is 0 Å². The standard InChI is InChI=1S/C12H24N2O2/c1-10(12-8-14(2)4-6-16-12)13-7-11-3-5-15-9-11/h10-13H,3-9H2,1-2H3. The van der Waals surface area contributed by atoms with Crippen LogP contribution in [0.15, 0.2) is 0 Å². The molecule has 94 valence electrons. The molecule has 0 aliphatic carbocycles. The van der Waals surface area contributed by atoms with Crippen LogP contribution < -0.4 is 5.32 Å². The zero-order valence-electron chi connectivity index (χ0n) is 10.4. The second-order valence-corrected chi connectivity index (χ2v) is 5.10. The summed E-state index contributed by atoms with van der Waals surface area (Å²) in [6.07, 6.45) is 1.53. The lowest BCUT2D eigenvalue weighted by Crippen LogP contribution is -2.50. The van der Waals surface area contributed by atoms with Gasteiger partial charge in [-0.25, -0.2) is 0 Å². The Balaban J connectivity index is 1.67. The average molecular weight is 228 g/mol. The first kappa shape index (κ1) is 12.3. The van der Waals surface area contributed by atoms with Gasteiger partial charge in [-0.2, -0.15) is 0 Å². The Kier molecular flexibility index (Phi) is 4.58. The summed E-state index contributed by atoms with van der Waals surface area (Å²) in [4.78, 5) is 2.34. The molecule has 2 fully saturated rings. The van der Waals surface area contributed by atoms with Gasteiger partial charge in [-0.15, -0.1) is 0 Å². The predicted molar refractivity (Wildman–Crippen MR) is 63.6 cm³/mol. The van der Waals surface area contributed by atoms with E-state index in [2.05, 4.69) is 24.2 Å². The van der Waals surface area contributed by atoms with Gasteiger partial charge in [-0.1, -0.05) is 0 Å². The molecule has 0 aromatic rings. The molecule has 0 saturated carbocycles. The fourth-order valence-electron chi connectivity index (χ4n) is 2.34. The van der Waals surface area contributed by atoms with Crippen molar-refractivity contribution in [2.75, 3.05) is 46.5 Å². The summed E-state index contributed by atoms with van der Waals surface area (Å²) in [5.41, 5.74) is 0. The van der Waals surface area contributed by atoms with Gasteiger partial charge >= 0.3 is 0 Å². The Morgan fingerprint density at radius 2 is 2.31 bits per heavy atom. The Bertz CT molecular complexity index is 207. The molecule has 0 amide bonds. The van der Waals surface area contributed by atoms with Gasteiger partial charge in [0, 0.05) is 32.3 Å². The molecular formula is C12H24N2O2.